The molecule has 0 saturated carbocycles. The van der Waals surface area contributed by atoms with Crippen molar-refractivity contribution < 1.29 is 14.3 Å². The lowest BCUT2D eigenvalue weighted by molar-refractivity contribution is -0.131. The summed E-state index contributed by atoms with van der Waals surface area (Å²) in [7, 11) is 0. The Bertz CT molecular complexity index is 733. The maximum atomic E-state index is 12.8. The van der Waals surface area contributed by atoms with Gasteiger partial charge in [-0.15, -0.1) is 0 Å². The lowest BCUT2D eigenvalue weighted by atomic mass is 10.1. The Balaban J connectivity index is 1.49. The van der Waals surface area contributed by atoms with Gasteiger partial charge < -0.3 is 14.4 Å². The summed E-state index contributed by atoms with van der Waals surface area (Å²) in [5, 5.41) is 0. The van der Waals surface area contributed by atoms with Gasteiger partial charge in [-0.1, -0.05) is 12.1 Å². The van der Waals surface area contributed by atoms with E-state index in [0.717, 1.165) is 42.1 Å². The van der Waals surface area contributed by atoms with E-state index in [1.807, 2.05) is 41.3 Å². The molecule has 1 saturated heterocycles. The number of benzene rings is 1. The van der Waals surface area contributed by atoms with Crippen molar-refractivity contribution in [1.29, 1.82) is 0 Å². The molecule has 4 rings (SSSR count). The molecule has 24 heavy (non-hydrogen) atoms. The lowest BCUT2D eigenvalue weighted by Gasteiger charge is -2.25. The van der Waals surface area contributed by atoms with Gasteiger partial charge in [-0.3, -0.25) is 9.78 Å². The number of aromatic nitrogens is 1. The molecule has 1 aromatic carbocycles. The van der Waals surface area contributed by atoms with Crippen LogP contribution in [-0.4, -0.2) is 35.5 Å². The maximum absolute atomic E-state index is 12.8. The number of likely N-dealkylation sites (tertiary alicyclic amines) is 1. The molecular weight excluding hydrogens is 304 g/mol. The van der Waals surface area contributed by atoms with Gasteiger partial charge >= 0.3 is 0 Å². The number of ether oxygens (including phenoxy) is 2. The predicted octanol–water partition coefficient (Wildman–Crippen LogP) is 2.76. The van der Waals surface area contributed by atoms with Gasteiger partial charge in [-0.25, -0.2) is 0 Å². The second-order valence-electron chi connectivity index (χ2n) is 6.15. The van der Waals surface area contributed by atoms with Crippen LogP contribution in [0.15, 0.2) is 42.6 Å². The molecule has 2 aliphatic heterocycles. The minimum Gasteiger partial charge on any atom is -0.486 e. The highest BCUT2D eigenvalue weighted by molar-refractivity contribution is 5.79. The number of nitrogens with zero attached hydrogens (tertiary/aromatic N) is 2. The Morgan fingerprint density at radius 1 is 1.17 bits per heavy atom. The second-order valence-corrected chi connectivity index (χ2v) is 6.15. The van der Waals surface area contributed by atoms with E-state index < -0.39 is 0 Å². The molecule has 2 aliphatic rings. The third kappa shape index (κ3) is 2.94. The van der Waals surface area contributed by atoms with Crippen molar-refractivity contribution in [3.63, 3.8) is 0 Å². The Morgan fingerprint density at radius 3 is 2.88 bits per heavy atom. The number of fused-ring (bicyclic) bond motifs is 1. The number of hydrogen-bond donors (Lipinski definition) is 0. The van der Waals surface area contributed by atoms with Gasteiger partial charge in [0.05, 0.1) is 18.2 Å². The third-order valence-electron chi connectivity index (χ3n) is 4.56. The second kappa shape index (κ2) is 6.51. The molecule has 1 fully saturated rings. The molecule has 124 valence electrons. The van der Waals surface area contributed by atoms with Crippen molar-refractivity contribution in [3.05, 3.63) is 53.9 Å². The highest BCUT2D eigenvalue weighted by atomic mass is 16.6. The maximum Gasteiger partial charge on any atom is 0.227 e. The molecule has 1 atom stereocenters. The van der Waals surface area contributed by atoms with Crippen molar-refractivity contribution in [2.24, 2.45) is 0 Å². The summed E-state index contributed by atoms with van der Waals surface area (Å²) >= 11 is 0. The molecule has 1 aromatic heterocycles. The van der Waals surface area contributed by atoms with Crippen LogP contribution in [0.1, 0.15) is 30.1 Å². The minimum atomic E-state index is 0.0934. The number of hydrogen-bond acceptors (Lipinski definition) is 4. The molecule has 0 bridgehead atoms. The number of carbonyl (C=O) groups is 1. The summed E-state index contributed by atoms with van der Waals surface area (Å²) in [6.45, 7) is 1.92. The van der Waals surface area contributed by atoms with Gasteiger partial charge in [0.2, 0.25) is 5.91 Å². The van der Waals surface area contributed by atoms with Crippen LogP contribution in [0.25, 0.3) is 0 Å². The largest absolute Gasteiger partial charge is 0.486 e. The van der Waals surface area contributed by atoms with Crippen molar-refractivity contribution >= 4 is 5.91 Å². The van der Waals surface area contributed by atoms with Gasteiger partial charge in [0, 0.05) is 12.7 Å². The van der Waals surface area contributed by atoms with E-state index in [-0.39, 0.29) is 11.9 Å². The van der Waals surface area contributed by atoms with Crippen LogP contribution in [-0.2, 0) is 11.2 Å². The Morgan fingerprint density at radius 2 is 2.04 bits per heavy atom. The molecule has 1 unspecified atom stereocenters. The fourth-order valence-corrected chi connectivity index (χ4v) is 3.42. The average Bonchev–Trinajstić information content (AvgIpc) is 3.12. The van der Waals surface area contributed by atoms with Gasteiger partial charge in [0.1, 0.15) is 13.2 Å². The van der Waals surface area contributed by atoms with Crippen LogP contribution in [0.3, 0.4) is 0 Å². The molecule has 1 amide bonds. The van der Waals surface area contributed by atoms with Crippen LogP contribution in [0.4, 0.5) is 0 Å². The SMILES string of the molecule is O=C(Cc1ccc2c(c1)OCCO2)N1CCCC1c1ccccn1. The van der Waals surface area contributed by atoms with Crippen LogP contribution >= 0.6 is 0 Å². The van der Waals surface area contributed by atoms with E-state index in [2.05, 4.69) is 4.98 Å². The molecule has 0 aliphatic carbocycles. The monoisotopic (exact) mass is 324 g/mol. The van der Waals surface area contributed by atoms with E-state index in [0.29, 0.717) is 19.6 Å². The normalized spacial score (nSPS) is 19.3. The summed E-state index contributed by atoms with van der Waals surface area (Å²) in [4.78, 5) is 19.2. The van der Waals surface area contributed by atoms with Crippen molar-refractivity contribution in [2.75, 3.05) is 19.8 Å². The molecule has 5 heteroatoms. The van der Waals surface area contributed by atoms with Gasteiger partial charge in [-0.2, -0.15) is 0 Å². The smallest absolute Gasteiger partial charge is 0.227 e. The van der Waals surface area contributed by atoms with Crippen molar-refractivity contribution in [2.45, 2.75) is 25.3 Å². The highest BCUT2D eigenvalue weighted by Crippen LogP contribution is 2.33. The highest BCUT2D eigenvalue weighted by Gasteiger charge is 2.30. The Hall–Kier alpha value is -2.56. The number of rotatable bonds is 3. The zero-order valence-electron chi connectivity index (χ0n) is 13.5. The standard InChI is InChI=1S/C19H20N2O3/c22-19(13-14-6-7-17-18(12-14)24-11-10-23-17)21-9-3-5-16(21)15-4-1-2-8-20-15/h1-2,4,6-8,12,16H,3,5,9-11,13H2. The van der Waals surface area contributed by atoms with E-state index in [1.165, 1.54) is 0 Å². The molecule has 2 aromatic rings. The summed E-state index contributed by atoms with van der Waals surface area (Å²) in [6.07, 6.45) is 4.16. The summed E-state index contributed by atoms with van der Waals surface area (Å²) in [5.41, 5.74) is 1.93. The van der Waals surface area contributed by atoms with Crippen LogP contribution in [0.5, 0.6) is 11.5 Å². The first kappa shape index (κ1) is 15.0. The first-order chi connectivity index (χ1) is 11.8. The molecule has 0 radical (unpaired) electrons. The van der Waals surface area contributed by atoms with Crippen LogP contribution in [0.2, 0.25) is 0 Å². The van der Waals surface area contributed by atoms with Gasteiger partial charge in [0.25, 0.3) is 0 Å². The fourth-order valence-electron chi connectivity index (χ4n) is 3.42. The number of carbonyl (C=O) groups excluding carboxylic acids is 1. The van der Waals surface area contributed by atoms with Crippen LogP contribution in [0, 0.1) is 0 Å². The molecule has 3 heterocycles. The predicted molar refractivity (Wildman–Crippen MR) is 89.1 cm³/mol. The van der Waals surface area contributed by atoms with E-state index in [1.54, 1.807) is 6.20 Å². The first-order valence-corrected chi connectivity index (χ1v) is 8.40. The molecule has 0 N–H and O–H groups in total. The van der Waals surface area contributed by atoms with Crippen molar-refractivity contribution in [3.8, 4) is 11.5 Å². The van der Waals surface area contributed by atoms with Gasteiger partial charge in [-0.05, 0) is 42.7 Å². The fraction of sp³-hybridized carbons (Fsp3) is 0.368. The van der Waals surface area contributed by atoms with Crippen molar-refractivity contribution in [1.82, 2.24) is 9.88 Å². The summed E-state index contributed by atoms with van der Waals surface area (Å²) < 4.78 is 11.1. The summed E-state index contributed by atoms with van der Waals surface area (Å²) in [5.74, 6) is 1.62. The minimum absolute atomic E-state index is 0.0934. The van der Waals surface area contributed by atoms with Gasteiger partial charge in [0.15, 0.2) is 11.5 Å². The zero-order valence-corrected chi connectivity index (χ0v) is 13.5. The van der Waals surface area contributed by atoms with E-state index >= 15 is 0 Å². The van der Waals surface area contributed by atoms with E-state index in [9.17, 15) is 4.79 Å². The lowest BCUT2D eigenvalue weighted by Crippen LogP contribution is -2.32. The summed E-state index contributed by atoms with van der Waals surface area (Å²) in [6, 6.07) is 11.7. The average molecular weight is 324 g/mol. The molecule has 0 spiro atoms. The third-order valence-corrected chi connectivity index (χ3v) is 4.56. The topological polar surface area (TPSA) is 51.7 Å². The number of pyridine rings is 1. The van der Waals surface area contributed by atoms with E-state index in [4.69, 9.17) is 9.47 Å². The molecule has 5 nitrogen and oxygen atoms in total. The zero-order chi connectivity index (χ0) is 16.4. The Labute approximate surface area is 141 Å². The first-order valence-electron chi connectivity index (χ1n) is 8.40. The Kier molecular flexibility index (Phi) is 4.07. The quantitative estimate of drug-likeness (QED) is 0.871. The number of amides is 1. The molecular formula is C19H20N2O3. The van der Waals surface area contributed by atoms with Crippen LogP contribution < -0.4 is 9.47 Å².